The van der Waals surface area contributed by atoms with Crippen LogP contribution in [0.5, 0.6) is 0 Å². The SMILES string of the molecule is COC(OC)C(C)[C@H]1CC[C@H]2C3=CC=C4CC(O)C5OC5[C@]4(C)[C@H]3CC[C@]12C. The minimum Gasteiger partial charge on any atom is -0.390 e. The summed E-state index contributed by atoms with van der Waals surface area (Å²) in [5, 5.41) is 10.3. The molecule has 156 valence electrons. The van der Waals surface area contributed by atoms with Crippen LogP contribution in [0.25, 0.3) is 0 Å². The van der Waals surface area contributed by atoms with E-state index < -0.39 is 0 Å². The first-order valence-corrected chi connectivity index (χ1v) is 11.2. The van der Waals surface area contributed by atoms with E-state index in [0.29, 0.717) is 29.1 Å². The molecule has 4 fully saturated rings. The predicted molar refractivity (Wildman–Crippen MR) is 108 cm³/mol. The summed E-state index contributed by atoms with van der Waals surface area (Å²) in [6.07, 6.45) is 10.4. The fourth-order valence-electron chi connectivity index (χ4n) is 8.00. The van der Waals surface area contributed by atoms with Crippen molar-refractivity contribution in [2.45, 2.75) is 77.5 Å². The maximum Gasteiger partial charge on any atom is 0.159 e. The predicted octanol–water partition coefficient (Wildman–Crippen LogP) is 4.09. The third-order valence-electron chi connectivity index (χ3n) is 9.53. The summed E-state index contributed by atoms with van der Waals surface area (Å²) in [6.45, 7) is 7.24. The van der Waals surface area contributed by atoms with Crippen LogP contribution < -0.4 is 0 Å². The average Bonchev–Trinajstić information content (AvgIpc) is 3.41. The highest BCUT2D eigenvalue weighted by Crippen LogP contribution is 2.68. The summed E-state index contributed by atoms with van der Waals surface area (Å²) in [5.41, 5.74) is 3.47. The molecule has 4 unspecified atom stereocenters. The molecule has 1 heterocycles. The lowest BCUT2D eigenvalue weighted by atomic mass is 9.50. The normalized spacial score (nSPS) is 50.1. The monoisotopic (exact) mass is 388 g/mol. The fourth-order valence-corrected chi connectivity index (χ4v) is 8.00. The van der Waals surface area contributed by atoms with Gasteiger partial charge in [0, 0.05) is 25.6 Å². The minimum absolute atomic E-state index is 0.0651. The van der Waals surface area contributed by atoms with Crippen molar-refractivity contribution in [3.05, 3.63) is 23.3 Å². The average molecular weight is 389 g/mol. The van der Waals surface area contributed by atoms with Crippen LogP contribution in [0.1, 0.15) is 52.9 Å². The summed E-state index contributed by atoms with van der Waals surface area (Å²) in [5.74, 6) is 2.24. The molecule has 5 rings (SSSR count). The van der Waals surface area contributed by atoms with Gasteiger partial charge in [-0.1, -0.05) is 44.1 Å². The van der Waals surface area contributed by atoms with Gasteiger partial charge in [-0.2, -0.15) is 0 Å². The first-order chi connectivity index (χ1) is 13.4. The van der Waals surface area contributed by atoms with Crippen LogP contribution in [0.3, 0.4) is 0 Å². The molecule has 0 spiro atoms. The second kappa shape index (κ2) is 6.41. The van der Waals surface area contributed by atoms with E-state index in [-0.39, 0.29) is 30.0 Å². The largest absolute Gasteiger partial charge is 0.390 e. The molecule has 4 nitrogen and oxygen atoms in total. The third kappa shape index (κ3) is 2.38. The van der Waals surface area contributed by atoms with Crippen molar-refractivity contribution < 1.29 is 19.3 Å². The highest BCUT2D eigenvalue weighted by molar-refractivity contribution is 5.42. The van der Waals surface area contributed by atoms with Crippen LogP contribution in [-0.2, 0) is 14.2 Å². The zero-order chi connectivity index (χ0) is 19.8. The van der Waals surface area contributed by atoms with Crippen molar-refractivity contribution in [1.29, 1.82) is 0 Å². The van der Waals surface area contributed by atoms with Crippen LogP contribution in [0.2, 0.25) is 0 Å². The lowest BCUT2D eigenvalue weighted by molar-refractivity contribution is -0.156. The van der Waals surface area contributed by atoms with Gasteiger partial charge in [0.15, 0.2) is 6.29 Å². The molecule has 0 radical (unpaired) electrons. The van der Waals surface area contributed by atoms with Gasteiger partial charge in [-0.3, -0.25) is 0 Å². The maximum atomic E-state index is 10.3. The van der Waals surface area contributed by atoms with E-state index in [2.05, 4.69) is 32.9 Å². The Morgan fingerprint density at radius 3 is 2.57 bits per heavy atom. The third-order valence-corrected chi connectivity index (χ3v) is 9.53. The van der Waals surface area contributed by atoms with Crippen molar-refractivity contribution in [1.82, 2.24) is 0 Å². The molecule has 0 aromatic carbocycles. The summed E-state index contributed by atoms with van der Waals surface area (Å²) in [6, 6.07) is 0. The molecular formula is C24H36O4. The summed E-state index contributed by atoms with van der Waals surface area (Å²) < 4.78 is 17.3. The highest BCUT2D eigenvalue weighted by atomic mass is 16.7. The molecule has 0 amide bonds. The van der Waals surface area contributed by atoms with Gasteiger partial charge < -0.3 is 19.3 Å². The smallest absolute Gasteiger partial charge is 0.159 e. The Balaban J connectivity index is 1.46. The zero-order valence-electron chi connectivity index (χ0n) is 18.0. The lowest BCUT2D eigenvalue weighted by Crippen LogP contribution is -2.50. The number of aliphatic hydroxyl groups excluding tert-OH is 1. The number of aliphatic hydroxyl groups is 1. The van der Waals surface area contributed by atoms with Gasteiger partial charge in [0.25, 0.3) is 0 Å². The molecule has 4 heteroatoms. The molecular weight excluding hydrogens is 352 g/mol. The molecule has 0 bridgehead atoms. The molecule has 1 N–H and O–H groups in total. The molecule has 0 aromatic rings. The number of fused-ring (bicyclic) bond motifs is 7. The Morgan fingerprint density at radius 1 is 1.11 bits per heavy atom. The molecule has 28 heavy (non-hydrogen) atoms. The van der Waals surface area contributed by atoms with E-state index >= 15 is 0 Å². The highest BCUT2D eigenvalue weighted by Gasteiger charge is 2.66. The number of methoxy groups -OCH3 is 2. The number of rotatable bonds is 4. The van der Waals surface area contributed by atoms with Crippen molar-refractivity contribution in [2.75, 3.05) is 14.2 Å². The standard InChI is InChI=1S/C24H36O4/c1-13(22(26-4)27-5)16-8-9-17-15-7-6-14-12-19(25)20-21(28-20)24(14,3)18(15)10-11-23(16,17)2/h6-7,13,16-22,25H,8-12H2,1-5H3/t13?,16-,17+,18+,19?,20?,21?,23-,24+/m1/s1. The van der Waals surface area contributed by atoms with Crippen molar-refractivity contribution >= 4 is 0 Å². The summed E-state index contributed by atoms with van der Waals surface area (Å²) >= 11 is 0. The maximum absolute atomic E-state index is 10.3. The van der Waals surface area contributed by atoms with E-state index in [1.807, 2.05) is 0 Å². The Morgan fingerprint density at radius 2 is 1.86 bits per heavy atom. The Hall–Kier alpha value is -0.680. The minimum atomic E-state index is -0.315. The molecule has 3 saturated carbocycles. The van der Waals surface area contributed by atoms with E-state index in [1.165, 1.54) is 31.3 Å². The van der Waals surface area contributed by atoms with Gasteiger partial charge in [0.05, 0.1) is 12.2 Å². The summed E-state index contributed by atoms with van der Waals surface area (Å²) in [7, 11) is 3.52. The molecule has 0 aromatic heterocycles. The number of hydrogen-bond donors (Lipinski definition) is 1. The van der Waals surface area contributed by atoms with Crippen molar-refractivity contribution in [3.63, 3.8) is 0 Å². The van der Waals surface area contributed by atoms with E-state index in [4.69, 9.17) is 14.2 Å². The van der Waals surface area contributed by atoms with Gasteiger partial charge in [-0.25, -0.2) is 0 Å². The Kier molecular flexibility index (Phi) is 4.41. The van der Waals surface area contributed by atoms with Crippen LogP contribution in [0.4, 0.5) is 0 Å². The topological polar surface area (TPSA) is 51.2 Å². The van der Waals surface area contributed by atoms with Gasteiger partial charge in [-0.15, -0.1) is 0 Å². The number of epoxide rings is 1. The van der Waals surface area contributed by atoms with Crippen LogP contribution in [-0.4, -0.2) is 43.9 Å². The number of ether oxygens (including phenoxy) is 3. The van der Waals surface area contributed by atoms with Crippen LogP contribution in [0.15, 0.2) is 23.3 Å². The van der Waals surface area contributed by atoms with Crippen LogP contribution >= 0.6 is 0 Å². The second-order valence-electron chi connectivity index (χ2n) is 10.5. The number of hydrogen-bond acceptors (Lipinski definition) is 4. The Bertz CT molecular complexity index is 709. The first kappa shape index (κ1) is 19.3. The molecule has 1 saturated heterocycles. The van der Waals surface area contributed by atoms with Gasteiger partial charge in [0.1, 0.15) is 6.10 Å². The van der Waals surface area contributed by atoms with Crippen molar-refractivity contribution in [2.24, 2.45) is 34.5 Å². The van der Waals surface area contributed by atoms with E-state index in [0.717, 1.165) is 6.42 Å². The van der Waals surface area contributed by atoms with Crippen molar-refractivity contribution in [3.8, 4) is 0 Å². The summed E-state index contributed by atoms with van der Waals surface area (Å²) in [4.78, 5) is 0. The van der Waals surface area contributed by atoms with Gasteiger partial charge >= 0.3 is 0 Å². The fraction of sp³-hybridized carbons (Fsp3) is 0.833. The molecule has 5 aliphatic rings. The first-order valence-electron chi connectivity index (χ1n) is 11.2. The molecule has 1 aliphatic heterocycles. The second-order valence-corrected chi connectivity index (χ2v) is 10.5. The Labute approximate surface area is 169 Å². The zero-order valence-corrected chi connectivity index (χ0v) is 18.0. The van der Waals surface area contributed by atoms with Crippen LogP contribution in [0, 0.1) is 34.5 Å². The lowest BCUT2D eigenvalue weighted by Gasteiger charge is -2.54. The van der Waals surface area contributed by atoms with E-state index in [1.54, 1.807) is 19.8 Å². The molecule has 4 aliphatic carbocycles. The van der Waals surface area contributed by atoms with Gasteiger partial charge in [-0.05, 0) is 55.3 Å². The van der Waals surface area contributed by atoms with E-state index in [9.17, 15) is 5.11 Å². The van der Waals surface area contributed by atoms with Gasteiger partial charge in [0.2, 0.25) is 0 Å². The quantitative estimate of drug-likeness (QED) is 0.582. The number of allylic oxidation sites excluding steroid dienone is 3. The molecule has 9 atom stereocenters.